The minimum Gasteiger partial charge on any atom is -0.392 e. The molecular weight excluding hydrogens is 428 g/mol. The molecule has 1 heterocycles. The number of aliphatic hydroxyl groups is 1. The number of benzene rings is 2. The van der Waals surface area contributed by atoms with E-state index < -0.39 is 0 Å². The second-order valence-corrected chi connectivity index (χ2v) is 8.31. The molecule has 1 N–H and O–H groups in total. The first-order chi connectivity index (χ1) is 14.0. The van der Waals surface area contributed by atoms with E-state index in [1.807, 2.05) is 48.3 Å². The molecule has 1 unspecified atom stereocenters. The fraction of sp³-hybridized carbons (Fsp3) is 0.417. The predicted molar refractivity (Wildman–Crippen MR) is 132 cm³/mol. The van der Waals surface area contributed by atoms with Gasteiger partial charge >= 0.3 is 0 Å². The molecule has 7 heteroatoms. The van der Waals surface area contributed by atoms with Gasteiger partial charge in [0.1, 0.15) is 5.78 Å². The predicted octanol–water partition coefficient (Wildman–Crippen LogP) is 2.39. The van der Waals surface area contributed by atoms with E-state index in [-0.39, 0.29) is 50.8 Å². The Balaban J connectivity index is 0.00000171. The first-order valence-electron chi connectivity index (χ1n) is 10.3. The number of likely N-dealkylation sites (tertiary alicyclic amines) is 1. The SMILES string of the molecule is CN(C(=O)Cc1ccc2c(c1)CC(=O)C2)C(CN1CC[C@@H](O)C1)c1ccccc1.S.S. The van der Waals surface area contributed by atoms with Gasteiger partial charge in [-0.1, -0.05) is 48.5 Å². The van der Waals surface area contributed by atoms with Crippen LogP contribution in [-0.4, -0.2) is 59.4 Å². The van der Waals surface area contributed by atoms with Gasteiger partial charge in [-0.15, -0.1) is 0 Å². The summed E-state index contributed by atoms with van der Waals surface area (Å²) in [7, 11) is 1.86. The van der Waals surface area contributed by atoms with Crippen molar-refractivity contribution in [2.75, 3.05) is 26.7 Å². The lowest BCUT2D eigenvalue weighted by Crippen LogP contribution is -2.39. The van der Waals surface area contributed by atoms with Crippen LogP contribution in [0.4, 0.5) is 0 Å². The molecule has 1 aliphatic carbocycles. The van der Waals surface area contributed by atoms with Crippen LogP contribution in [0.5, 0.6) is 0 Å². The van der Waals surface area contributed by atoms with Gasteiger partial charge in [0.05, 0.1) is 18.6 Å². The Labute approximate surface area is 198 Å². The van der Waals surface area contributed by atoms with Gasteiger partial charge in [0.15, 0.2) is 0 Å². The zero-order chi connectivity index (χ0) is 20.4. The third-order valence-electron chi connectivity index (χ3n) is 6.13. The Morgan fingerprint density at radius 2 is 1.84 bits per heavy atom. The maximum Gasteiger partial charge on any atom is 0.227 e. The van der Waals surface area contributed by atoms with Crippen molar-refractivity contribution >= 4 is 38.7 Å². The summed E-state index contributed by atoms with van der Waals surface area (Å²) < 4.78 is 0. The Morgan fingerprint density at radius 1 is 1.13 bits per heavy atom. The zero-order valence-electron chi connectivity index (χ0n) is 17.9. The number of hydrogen-bond donors (Lipinski definition) is 1. The third kappa shape index (κ3) is 6.13. The van der Waals surface area contributed by atoms with Crippen LogP contribution < -0.4 is 0 Å². The number of amides is 1. The molecule has 0 aromatic heterocycles. The van der Waals surface area contributed by atoms with Crippen molar-refractivity contribution < 1.29 is 14.7 Å². The lowest BCUT2D eigenvalue weighted by atomic mass is 10.0. The largest absolute Gasteiger partial charge is 0.392 e. The molecule has 5 nitrogen and oxygen atoms in total. The van der Waals surface area contributed by atoms with Crippen LogP contribution in [0.25, 0.3) is 0 Å². The maximum atomic E-state index is 13.1. The van der Waals surface area contributed by atoms with Gasteiger partial charge in [-0.3, -0.25) is 14.5 Å². The Kier molecular flexibility index (Phi) is 9.18. The first-order valence-corrected chi connectivity index (χ1v) is 10.3. The van der Waals surface area contributed by atoms with E-state index in [4.69, 9.17) is 0 Å². The lowest BCUT2D eigenvalue weighted by molar-refractivity contribution is -0.131. The number of rotatable bonds is 6. The molecule has 2 atom stereocenters. The normalized spacial score (nSPS) is 18.6. The monoisotopic (exact) mass is 460 g/mol. The van der Waals surface area contributed by atoms with E-state index in [0.29, 0.717) is 32.4 Å². The summed E-state index contributed by atoms with van der Waals surface area (Å²) in [6.45, 7) is 2.22. The minimum absolute atomic E-state index is 0. The Hall–Kier alpha value is -1.80. The van der Waals surface area contributed by atoms with Crippen molar-refractivity contribution in [1.82, 2.24) is 9.80 Å². The second kappa shape index (κ2) is 11.2. The molecule has 2 aromatic carbocycles. The van der Waals surface area contributed by atoms with Crippen molar-refractivity contribution in [3.05, 3.63) is 70.8 Å². The van der Waals surface area contributed by atoms with Gasteiger partial charge in [-0.25, -0.2) is 0 Å². The first kappa shape index (κ1) is 25.5. The molecule has 4 rings (SSSR count). The van der Waals surface area contributed by atoms with Crippen molar-refractivity contribution in [1.29, 1.82) is 0 Å². The summed E-state index contributed by atoms with van der Waals surface area (Å²) in [5.41, 5.74) is 4.21. The van der Waals surface area contributed by atoms with Crippen molar-refractivity contribution in [3.8, 4) is 0 Å². The highest BCUT2D eigenvalue weighted by atomic mass is 32.1. The highest BCUT2D eigenvalue weighted by Crippen LogP contribution is 2.25. The van der Waals surface area contributed by atoms with Crippen LogP contribution in [0.15, 0.2) is 48.5 Å². The molecule has 0 bridgehead atoms. The third-order valence-corrected chi connectivity index (χ3v) is 6.13. The van der Waals surface area contributed by atoms with Crippen LogP contribution in [0.1, 0.15) is 34.7 Å². The summed E-state index contributed by atoms with van der Waals surface area (Å²) in [5, 5.41) is 9.88. The highest BCUT2D eigenvalue weighted by molar-refractivity contribution is 7.59. The van der Waals surface area contributed by atoms with E-state index >= 15 is 0 Å². The van der Waals surface area contributed by atoms with Gasteiger partial charge < -0.3 is 10.0 Å². The summed E-state index contributed by atoms with van der Waals surface area (Å²) in [4.78, 5) is 28.9. The average Bonchev–Trinajstić information content (AvgIpc) is 3.30. The number of likely N-dealkylation sites (N-methyl/N-ethyl adjacent to an activating group) is 1. The molecule has 1 aliphatic heterocycles. The average molecular weight is 461 g/mol. The topological polar surface area (TPSA) is 60.9 Å². The molecule has 168 valence electrons. The zero-order valence-corrected chi connectivity index (χ0v) is 19.9. The standard InChI is InChI=1S/C24H28N2O3.2H2S/c1-25(24(29)12-17-7-8-19-13-22(28)14-20(19)11-17)23(18-5-3-2-4-6-18)16-26-10-9-21(27)15-26;;/h2-8,11,21,23,27H,9-10,12-16H2,1H3;2*1H2/t21-,23?;;/m1../s1. The van der Waals surface area contributed by atoms with Crippen molar-refractivity contribution in [3.63, 3.8) is 0 Å². The van der Waals surface area contributed by atoms with Gasteiger partial charge in [0.25, 0.3) is 0 Å². The van der Waals surface area contributed by atoms with E-state index in [1.165, 1.54) is 0 Å². The number of fused-ring (bicyclic) bond motifs is 1. The molecule has 0 spiro atoms. The van der Waals surface area contributed by atoms with Crippen molar-refractivity contribution in [2.45, 2.75) is 37.8 Å². The Morgan fingerprint density at radius 3 is 2.52 bits per heavy atom. The highest BCUT2D eigenvalue weighted by Gasteiger charge is 2.28. The second-order valence-electron chi connectivity index (χ2n) is 8.31. The molecular formula is C24H32N2O3S2. The number of aliphatic hydroxyl groups excluding tert-OH is 1. The fourth-order valence-corrected chi connectivity index (χ4v) is 4.44. The van der Waals surface area contributed by atoms with Crippen molar-refractivity contribution in [2.24, 2.45) is 0 Å². The van der Waals surface area contributed by atoms with Crippen LogP contribution in [-0.2, 0) is 28.9 Å². The summed E-state index contributed by atoms with van der Waals surface area (Å²) in [6, 6.07) is 16.0. The lowest BCUT2D eigenvalue weighted by Gasteiger charge is -2.32. The molecule has 1 saturated heterocycles. The van der Waals surface area contributed by atoms with Gasteiger partial charge in [-0.05, 0) is 28.7 Å². The van der Waals surface area contributed by atoms with Crippen LogP contribution in [0.2, 0.25) is 0 Å². The van der Waals surface area contributed by atoms with Gasteiger partial charge in [-0.2, -0.15) is 27.0 Å². The number of ketones is 1. The van der Waals surface area contributed by atoms with Gasteiger partial charge in [0.2, 0.25) is 5.91 Å². The Bertz CT molecular complexity index is 907. The molecule has 31 heavy (non-hydrogen) atoms. The van der Waals surface area contributed by atoms with Crippen LogP contribution in [0.3, 0.4) is 0 Å². The number of carbonyl (C=O) groups excluding carboxylic acids is 2. The number of hydrogen-bond acceptors (Lipinski definition) is 4. The van der Waals surface area contributed by atoms with E-state index in [9.17, 15) is 14.7 Å². The number of carbonyl (C=O) groups is 2. The number of β-amino-alcohol motifs (C(OH)–C–C–N with tert-alkyl or cyclic N) is 1. The smallest absolute Gasteiger partial charge is 0.227 e. The van der Waals surface area contributed by atoms with Crippen LogP contribution >= 0.6 is 27.0 Å². The molecule has 2 aromatic rings. The molecule has 1 amide bonds. The summed E-state index contributed by atoms with van der Waals surface area (Å²) in [5.74, 6) is 0.306. The molecule has 0 saturated carbocycles. The van der Waals surface area contributed by atoms with E-state index in [2.05, 4.69) is 17.0 Å². The van der Waals surface area contributed by atoms with Gasteiger partial charge in [0, 0.05) is 39.5 Å². The quantitative estimate of drug-likeness (QED) is 0.719. The molecule has 2 aliphatic rings. The molecule has 1 fully saturated rings. The maximum absolute atomic E-state index is 13.1. The summed E-state index contributed by atoms with van der Waals surface area (Å²) in [6.07, 6.45) is 1.83. The fourth-order valence-electron chi connectivity index (χ4n) is 4.44. The number of nitrogens with zero attached hydrogens (tertiary/aromatic N) is 2. The summed E-state index contributed by atoms with van der Waals surface area (Å²) >= 11 is 0. The van der Waals surface area contributed by atoms with Crippen LogP contribution in [0, 0.1) is 0 Å². The minimum atomic E-state index is -0.276. The van der Waals surface area contributed by atoms with E-state index in [0.717, 1.165) is 35.2 Å². The number of Topliss-reactive ketones (excluding diaryl/α,β-unsaturated/α-hetero) is 1. The van der Waals surface area contributed by atoms with E-state index in [1.54, 1.807) is 0 Å². The molecule has 0 radical (unpaired) electrons.